The number of benzene rings is 1. The molecule has 2 heterocycles. The van der Waals surface area contributed by atoms with Gasteiger partial charge < -0.3 is 15.0 Å². The summed E-state index contributed by atoms with van der Waals surface area (Å²) in [5.41, 5.74) is 6.68. The molecule has 4 rings (SSSR count). The van der Waals surface area contributed by atoms with Gasteiger partial charge in [0.05, 0.1) is 13.5 Å². The summed E-state index contributed by atoms with van der Waals surface area (Å²) in [5.74, 6) is 0.885. The second-order valence-electron chi connectivity index (χ2n) is 7.85. The molecule has 2 aromatic rings. The van der Waals surface area contributed by atoms with Crippen LogP contribution in [0.4, 0.5) is 0 Å². The van der Waals surface area contributed by atoms with Crippen LogP contribution in [0.1, 0.15) is 36.5 Å². The highest BCUT2D eigenvalue weighted by Gasteiger charge is 2.27. The zero-order valence-corrected chi connectivity index (χ0v) is 17.2. The number of aromatic nitrogens is 1. The number of carbonyl (C=O) groups is 1. The molecule has 1 aromatic carbocycles. The van der Waals surface area contributed by atoms with Crippen LogP contribution in [0.15, 0.2) is 48.3 Å². The van der Waals surface area contributed by atoms with Crippen molar-refractivity contribution < 1.29 is 9.53 Å². The van der Waals surface area contributed by atoms with Gasteiger partial charge in [0.1, 0.15) is 5.75 Å². The summed E-state index contributed by atoms with van der Waals surface area (Å²) >= 11 is 0. The second kappa shape index (κ2) is 8.21. The Morgan fingerprint density at radius 3 is 2.76 bits per heavy atom. The molecule has 1 unspecified atom stereocenters. The van der Waals surface area contributed by atoms with Crippen molar-refractivity contribution in [3.8, 4) is 5.75 Å². The minimum Gasteiger partial charge on any atom is -0.497 e. The average Bonchev–Trinajstić information content (AvgIpc) is 3.24. The number of hydrogen-bond donors (Lipinski definition) is 1. The molecule has 1 aromatic heterocycles. The number of hydrogen-bond acceptors (Lipinski definition) is 4. The molecule has 1 fully saturated rings. The third kappa shape index (κ3) is 4.10. The van der Waals surface area contributed by atoms with Gasteiger partial charge >= 0.3 is 0 Å². The van der Waals surface area contributed by atoms with Crippen LogP contribution in [0.3, 0.4) is 0 Å². The number of likely N-dealkylation sites (tertiary alicyclic amines) is 1. The van der Waals surface area contributed by atoms with E-state index in [9.17, 15) is 4.79 Å². The molecular weight excluding hydrogens is 362 g/mol. The molecule has 1 amide bonds. The van der Waals surface area contributed by atoms with E-state index in [1.807, 2.05) is 24.3 Å². The van der Waals surface area contributed by atoms with Crippen LogP contribution in [0.25, 0.3) is 17.2 Å². The number of likely N-dealkylation sites (N-methyl/N-ethyl adjacent to an activating group) is 1. The number of nitrogens with zero attached hydrogens (tertiary/aromatic N) is 2. The maximum Gasteiger partial charge on any atom is 0.224 e. The van der Waals surface area contributed by atoms with E-state index in [4.69, 9.17) is 4.74 Å². The molecule has 5 heteroatoms. The normalized spacial score (nSPS) is 20.2. The Hall–Kier alpha value is -2.92. The lowest BCUT2D eigenvalue weighted by atomic mass is 10.0. The fourth-order valence-corrected chi connectivity index (χ4v) is 4.23. The summed E-state index contributed by atoms with van der Waals surface area (Å²) in [6, 6.07) is 10.3. The van der Waals surface area contributed by atoms with Gasteiger partial charge in [0.15, 0.2) is 0 Å². The van der Waals surface area contributed by atoms with E-state index in [1.165, 1.54) is 0 Å². The SMILES string of the molecule is COc1ccc2c(c1)C(CC(=O)NC1CCN(C)C1)=C(C)/C2=C/c1ccncc1. The van der Waals surface area contributed by atoms with Crippen LogP contribution >= 0.6 is 0 Å². The minimum absolute atomic E-state index is 0.0820. The average molecular weight is 389 g/mol. The van der Waals surface area contributed by atoms with Gasteiger partial charge in [0, 0.05) is 25.0 Å². The van der Waals surface area contributed by atoms with E-state index < -0.39 is 0 Å². The maximum atomic E-state index is 12.8. The largest absolute Gasteiger partial charge is 0.497 e. The molecule has 5 nitrogen and oxygen atoms in total. The van der Waals surface area contributed by atoms with Crippen molar-refractivity contribution in [3.63, 3.8) is 0 Å². The monoisotopic (exact) mass is 389 g/mol. The number of methoxy groups -OCH3 is 1. The number of allylic oxidation sites excluding steroid dienone is 2. The molecule has 1 N–H and O–H groups in total. The zero-order valence-electron chi connectivity index (χ0n) is 17.2. The molecule has 0 bridgehead atoms. The van der Waals surface area contributed by atoms with E-state index in [2.05, 4.69) is 41.3 Å². The fourth-order valence-electron chi connectivity index (χ4n) is 4.23. The van der Waals surface area contributed by atoms with Crippen LogP contribution in [-0.2, 0) is 4.79 Å². The van der Waals surface area contributed by atoms with E-state index in [1.54, 1.807) is 19.5 Å². The topological polar surface area (TPSA) is 54.5 Å². The first-order valence-corrected chi connectivity index (χ1v) is 10.0. The van der Waals surface area contributed by atoms with Crippen molar-refractivity contribution >= 4 is 23.1 Å². The molecule has 2 aliphatic rings. The molecule has 0 radical (unpaired) electrons. The van der Waals surface area contributed by atoms with Crippen molar-refractivity contribution in [3.05, 3.63) is 65.0 Å². The van der Waals surface area contributed by atoms with E-state index in [-0.39, 0.29) is 11.9 Å². The Morgan fingerprint density at radius 1 is 1.28 bits per heavy atom. The predicted molar refractivity (Wildman–Crippen MR) is 116 cm³/mol. The number of ether oxygens (including phenoxy) is 1. The molecule has 1 aliphatic heterocycles. The predicted octanol–water partition coefficient (Wildman–Crippen LogP) is 3.63. The highest BCUT2D eigenvalue weighted by atomic mass is 16.5. The summed E-state index contributed by atoms with van der Waals surface area (Å²) in [4.78, 5) is 19.2. The zero-order chi connectivity index (χ0) is 20.4. The van der Waals surface area contributed by atoms with Gasteiger partial charge in [-0.05, 0) is 90.7 Å². The Morgan fingerprint density at radius 2 is 2.07 bits per heavy atom. The van der Waals surface area contributed by atoms with Crippen LogP contribution < -0.4 is 10.1 Å². The van der Waals surface area contributed by atoms with Crippen LogP contribution in [-0.4, -0.2) is 49.1 Å². The van der Waals surface area contributed by atoms with Crippen molar-refractivity contribution in [1.82, 2.24) is 15.2 Å². The Balaban J connectivity index is 1.66. The molecule has 29 heavy (non-hydrogen) atoms. The lowest BCUT2D eigenvalue weighted by molar-refractivity contribution is -0.120. The Kier molecular flexibility index (Phi) is 5.49. The quantitative estimate of drug-likeness (QED) is 0.849. The first-order valence-electron chi connectivity index (χ1n) is 10.0. The third-order valence-corrected chi connectivity index (χ3v) is 5.81. The summed E-state index contributed by atoms with van der Waals surface area (Å²) in [7, 11) is 3.76. The van der Waals surface area contributed by atoms with E-state index >= 15 is 0 Å². The van der Waals surface area contributed by atoms with Crippen LogP contribution in [0, 0.1) is 0 Å². The fraction of sp³-hybridized carbons (Fsp3) is 0.333. The number of fused-ring (bicyclic) bond motifs is 1. The molecule has 0 spiro atoms. The third-order valence-electron chi connectivity index (χ3n) is 5.81. The van der Waals surface area contributed by atoms with Gasteiger partial charge in [0.2, 0.25) is 5.91 Å². The van der Waals surface area contributed by atoms with Gasteiger partial charge in [0.25, 0.3) is 0 Å². The Labute approximate surface area is 172 Å². The van der Waals surface area contributed by atoms with Crippen molar-refractivity contribution in [2.24, 2.45) is 0 Å². The van der Waals surface area contributed by atoms with Gasteiger partial charge in [-0.3, -0.25) is 9.78 Å². The standard InChI is InChI=1S/C24H27N3O2/c1-16-21(12-17-6-9-25-10-7-17)20-5-4-19(29-3)13-23(20)22(16)14-24(28)26-18-8-11-27(2)15-18/h4-7,9-10,12-13,18H,8,11,14-15H2,1-3H3,(H,26,28)/b21-12-. The summed E-state index contributed by atoms with van der Waals surface area (Å²) in [6.45, 7) is 4.05. The number of rotatable bonds is 5. The molecule has 1 saturated heterocycles. The lowest BCUT2D eigenvalue weighted by Gasteiger charge is -2.14. The first-order chi connectivity index (χ1) is 14.0. The summed E-state index contributed by atoms with van der Waals surface area (Å²) in [6.07, 6.45) is 7.14. The molecule has 1 atom stereocenters. The Bertz CT molecular complexity index is 979. The molecular formula is C24H27N3O2. The summed E-state index contributed by atoms with van der Waals surface area (Å²) < 4.78 is 5.44. The maximum absolute atomic E-state index is 12.8. The molecule has 1 aliphatic carbocycles. The number of pyridine rings is 1. The van der Waals surface area contributed by atoms with Gasteiger partial charge in [-0.15, -0.1) is 0 Å². The van der Waals surface area contributed by atoms with Crippen molar-refractivity contribution in [1.29, 1.82) is 0 Å². The van der Waals surface area contributed by atoms with E-state index in [0.29, 0.717) is 6.42 Å². The van der Waals surface area contributed by atoms with Crippen LogP contribution in [0.5, 0.6) is 5.75 Å². The lowest BCUT2D eigenvalue weighted by Crippen LogP contribution is -2.36. The van der Waals surface area contributed by atoms with Crippen molar-refractivity contribution in [2.75, 3.05) is 27.2 Å². The molecule has 150 valence electrons. The number of amides is 1. The molecule has 0 saturated carbocycles. The highest BCUT2D eigenvalue weighted by molar-refractivity contribution is 6.08. The summed E-state index contributed by atoms with van der Waals surface area (Å²) in [5, 5.41) is 3.21. The minimum atomic E-state index is 0.0820. The first kappa shape index (κ1) is 19.4. The van der Waals surface area contributed by atoms with E-state index in [0.717, 1.165) is 58.7 Å². The van der Waals surface area contributed by atoms with Gasteiger partial charge in [-0.25, -0.2) is 0 Å². The second-order valence-corrected chi connectivity index (χ2v) is 7.85. The van der Waals surface area contributed by atoms with Gasteiger partial charge in [-0.2, -0.15) is 0 Å². The van der Waals surface area contributed by atoms with Crippen LogP contribution in [0.2, 0.25) is 0 Å². The highest BCUT2D eigenvalue weighted by Crippen LogP contribution is 2.44. The number of carbonyl (C=O) groups excluding carboxylic acids is 1. The number of nitrogens with one attached hydrogen (secondary N) is 1. The smallest absolute Gasteiger partial charge is 0.224 e. The van der Waals surface area contributed by atoms with Gasteiger partial charge in [-0.1, -0.05) is 6.07 Å². The van der Waals surface area contributed by atoms with Crippen molar-refractivity contribution in [2.45, 2.75) is 25.8 Å².